The molecule has 8 nitrogen and oxygen atoms in total. The van der Waals surface area contributed by atoms with Gasteiger partial charge in [-0.05, 0) is 35.4 Å². The van der Waals surface area contributed by atoms with E-state index < -0.39 is 0 Å². The highest BCUT2D eigenvalue weighted by atomic mass is 19.1. The SMILES string of the molecule is COCCn1[nH]c2cc(=O)n(Cc3cccc(OC)c3)c(OCc3ccc(F)cc3)c2c1=O. The summed E-state index contributed by atoms with van der Waals surface area (Å²) in [6, 6.07) is 14.5. The normalized spacial score (nSPS) is 11.1. The third kappa shape index (κ3) is 4.83. The average Bonchev–Trinajstić information content (AvgIpc) is 3.13. The molecule has 0 atom stereocenters. The van der Waals surface area contributed by atoms with Gasteiger partial charge in [-0.2, -0.15) is 0 Å². The highest BCUT2D eigenvalue weighted by molar-refractivity contribution is 5.83. The number of pyridine rings is 1. The molecule has 0 unspecified atom stereocenters. The van der Waals surface area contributed by atoms with E-state index in [-0.39, 0.29) is 41.4 Å². The lowest BCUT2D eigenvalue weighted by Gasteiger charge is -2.15. The maximum absolute atomic E-state index is 13.3. The number of hydrogen-bond acceptors (Lipinski definition) is 5. The summed E-state index contributed by atoms with van der Waals surface area (Å²) >= 11 is 0. The molecule has 0 saturated heterocycles. The molecule has 2 heterocycles. The van der Waals surface area contributed by atoms with Crippen molar-refractivity contribution in [2.24, 2.45) is 0 Å². The fourth-order valence-electron chi connectivity index (χ4n) is 3.58. The van der Waals surface area contributed by atoms with Crippen LogP contribution in [-0.2, 0) is 24.4 Å². The molecule has 0 spiro atoms. The summed E-state index contributed by atoms with van der Waals surface area (Å²) in [7, 11) is 3.11. The van der Waals surface area contributed by atoms with Crippen LogP contribution in [0.2, 0.25) is 0 Å². The molecule has 0 bridgehead atoms. The van der Waals surface area contributed by atoms with Gasteiger partial charge in [0.15, 0.2) is 0 Å². The fraction of sp³-hybridized carbons (Fsp3) is 0.250. The lowest BCUT2D eigenvalue weighted by atomic mass is 10.2. The highest BCUT2D eigenvalue weighted by Crippen LogP contribution is 2.23. The Morgan fingerprint density at radius 1 is 1.00 bits per heavy atom. The Hall–Kier alpha value is -3.85. The van der Waals surface area contributed by atoms with Gasteiger partial charge in [0.2, 0.25) is 5.88 Å². The van der Waals surface area contributed by atoms with Gasteiger partial charge in [0, 0.05) is 13.2 Å². The third-order valence-corrected chi connectivity index (χ3v) is 5.26. The van der Waals surface area contributed by atoms with Crippen LogP contribution in [0.1, 0.15) is 11.1 Å². The minimum atomic E-state index is -0.359. The number of nitrogens with one attached hydrogen (secondary N) is 1. The summed E-state index contributed by atoms with van der Waals surface area (Å²) in [6.45, 7) is 0.852. The summed E-state index contributed by atoms with van der Waals surface area (Å²) in [6.07, 6.45) is 0. The summed E-state index contributed by atoms with van der Waals surface area (Å²) in [5, 5.41) is 3.22. The number of rotatable bonds is 9. The van der Waals surface area contributed by atoms with E-state index in [1.165, 1.54) is 27.4 Å². The molecule has 0 saturated carbocycles. The number of nitrogens with zero attached hydrogens (tertiary/aromatic N) is 2. The Morgan fingerprint density at radius 2 is 1.79 bits per heavy atom. The number of ether oxygens (including phenoxy) is 3. The van der Waals surface area contributed by atoms with Crippen LogP contribution in [0.25, 0.3) is 10.9 Å². The average molecular weight is 453 g/mol. The number of aromatic amines is 1. The van der Waals surface area contributed by atoms with Crippen LogP contribution >= 0.6 is 0 Å². The zero-order chi connectivity index (χ0) is 23.4. The smallest absolute Gasteiger partial charge is 0.279 e. The molecule has 0 radical (unpaired) electrons. The predicted molar refractivity (Wildman–Crippen MR) is 122 cm³/mol. The topological polar surface area (TPSA) is 87.5 Å². The molecule has 0 fully saturated rings. The third-order valence-electron chi connectivity index (χ3n) is 5.26. The molecule has 4 aromatic rings. The van der Waals surface area contributed by atoms with Crippen molar-refractivity contribution >= 4 is 10.9 Å². The molecule has 2 aromatic carbocycles. The maximum atomic E-state index is 13.3. The van der Waals surface area contributed by atoms with Gasteiger partial charge in [-0.25, -0.2) is 9.07 Å². The molecule has 0 aliphatic heterocycles. The van der Waals surface area contributed by atoms with Crippen LogP contribution in [0.3, 0.4) is 0 Å². The van der Waals surface area contributed by atoms with E-state index in [0.717, 1.165) is 5.56 Å². The Balaban J connectivity index is 1.81. The Labute approximate surface area is 188 Å². The second-order valence-electron chi connectivity index (χ2n) is 7.49. The molecule has 0 amide bonds. The second kappa shape index (κ2) is 9.74. The first-order valence-electron chi connectivity index (χ1n) is 10.4. The van der Waals surface area contributed by atoms with E-state index in [0.29, 0.717) is 30.0 Å². The van der Waals surface area contributed by atoms with E-state index in [4.69, 9.17) is 14.2 Å². The number of aromatic nitrogens is 3. The maximum Gasteiger partial charge on any atom is 0.279 e. The van der Waals surface area contributed by atoms with Gasteiger partial charge in [0.1, 0.15) is 23.6 Å². The first kappa shape index (κ1) is 22.3. The van der Waals surface area contributed by atoms with E-state index in [1.54, 1.807) is 26.4 Å². The molecule has 172 valence electrons. The standard InChI is InChI=1S/C24H24FN3O5/c1-31-11-10-28-23(30)22-20(26-28)13-21(29)27(14-17-4-3-5-19(12-17)32-2)24(22)33-15-16-6-8-18(25)9-7-16/h3-9,12-13,26H,10-11,14-15H2,1-2H3. The fourth-order valence-corrected chi connectivity index (χ4v) is 3.58. The molecule has 9 heteroatoms. The van der Waals surface area contributed by atoms with E-state index in [2.05, 4.69) is 5.10 Å². The lowest BCUT2D eigenvalue weighted by molar-refractivity contribution is 0.183. The predicted octanol–water partition coefficient (Wildman–Crippen LogP) is 2.91. The van der Waals surface area contributed by atoms with Gasteiger partial charge in [0.05, 0.1) is 32.3 Å². The van der Waals surface area contributed by atoms with Gasteiger partial charge >= 0.3 is 0 Å². The molecule has 0 aliphatic rings. The molecular formula is C24H24FN3O5. The summed E-state index contributed by atoms with van der Waals surface area (Å²) in [5.74, 6) is 0.434. The van der Waals surface area contributed by atoms with Gasteiger partial charge in [-0.3, -0.25) is 19.3 Å². The number of halogens is 1. The van der Waals surface area contributed by atoms with Crippen LogP contribution in [0, 0.1) is 5.82 Å². The van der Waals surface area contributed by atoms with Crippen LogP contribution in [0.5, 0.6) is 11.6 Å². The van der Waals surface area contributed by atoms with Crippen molar-refractivity contribution in [3.63, 3.8) is 0 Å². The first-order chi connectivity index (χ1) is 16.0. The highest BCUT2D eigenvalue weighted by Gasteiger charge is 2.19. The van der Waals surface area contributed by atoms with Crippen LogP contribution in [-0.4, -0.2) is 35.2 Å². The van der Waals surface area contributed by atoms with Crippen LogP contribution < -0.4 is 20.6 Å². The van der Waals surface area contributed by atoms with Crippen molar-refractivity contribution in [1.29, 1.82) is 0 Å². The molecule has 1 N–H and O–H groups in total. The minimum Gasteiger partial charge on any atom is -0.497 e. The Kier molecular flexibility index (Phi) is 6.60. The van der Waals surface area contributed by atoms with Crippen molar-refractivity contribution in [2.45, 2.75) is 19.7 Å². The number of methoxy groups -OCH3 is 2. The van der Waals surface area contributed by atoms with Crippen LogP contribution in [0.4, 0.5) is 4.39 Å². The Bertz CT molecular complexity index is 1370. The summed E-state index contributed by atoms with van der Waals surface area (Å²) in [4.78, 5) is 26.2. The number of hydrogen-bond donors (Lipinski definition) is 1. The van der Waals surface area contributed by atoms with Crippen molar-refractivity contribution < 1.29 is 18.6 Å². The zero-order valence-electron chi connectivity index (χ0n) is 18.3. The van der Waals surface area contributed by atoms with Crippen molar-refractivity contribution in [1.82, 2.24) is 14.3 Å². The van der Waals surface area contributed by atoms with Gasteiger partial charge < -0.3 is 14.2 Å². The summed E-state index contributed by atoms with van der Waals surface area (Å²) in [5.41, 5.74) is 1.22. The largest absolute Gasteiger partial charge is 0.497 e. The van der Waals surface area contributed by atoms with E-state index >= 15 is 0 Å². The Morgan fingerprint density at radius 3 is 2.52 bits per heavy atom. The first-order valence-corrected chi connectivity index (χ1v) is 10.4. The number of H-pyrrole nitrogens is 1. The quantitative estimate of drug-likeness (QED) is 0.421. The van der Waals surface area contributed by atoms with Gasteiger partial charge in [-0.15, -0.1) is 0 Å². The number of fused-ring (bicyclic) bond motifs is 1. The second-order valence-corrected chi connectivity index (χ2v) is 7.49. The molecular weight excluding hydrogens is 429 g/mol. The lowest BCUT2D eigenvalue weighted by Crippen LogP contribution is -2.24. The zero-order valence-corrected chi connectivity index (χ0v) is 18.3. The summed E-state index contributed by atoms with van der Waals surface area (Å²) < 4.78 is 32.5. The number of benzene rings is 2. The van der Waals surface area contributed by atoms with Crippen molar-refractivity contribution in [3.05, 3.63) is 92.2 Å². The molecule has 33 heavy (non-hydrogen) atoms. The van der Waals surface area contributed by atoms with E-state index in [1.807, 2.05) is 24.3 Å². The monoisotopic (exact) mass is 453 g/mol. The van der Waals surface area contributed by atoms with E-state index in [9.17, 15) is 14.0 Å². The minimum absolute atomic E-state index is 0.0552. The van der Waals surface area contributed by atoms with Gasteiger partial charge in [-0.1, -0.05) is 24.3 Å². The van der Waals surface area contributed by atoms with Crippen molar-refractivity contribution in [3.8, 4) is 11.6 Å². The van der Waals surface area contributed by atoms with Crippen molar-refractivity contribution in [2.75, 3.05) is 20.8 Å². The van der Waals surface area contributed by atoms with Gasteiger partial charge in [0.25, 0.3) is 11.1 Å². The molecule has 4 rings (SSSR count). The van der Waals surface area contributed by atoms with Crippen LogP contribution in [0.15, 0.2) is 64.2 Å². The molecule has 0 aliphatic carbocycles. The molecule has 2 aromatic heterocycles.